The van der Waals surface area contributed by atoms with Crippen LogP contribution in [0.4, 0.5) is 5.69 Å². The maximum absolute atomic E-state index is 12.9. The van der Waals surface area contributed by atoms with Crippen molar-refractivity contribution >= 4 is 33.0 Å². The molecule has 0 saturated carbocycles. The summed E-state index contributed by atoms with van der Waals surface area (Å²) >= 11 is 1.24. The fourth-order valence-corrected chi connectivity index (χ4v) is 5.05. The second kappa shape index (κ2) is 6.55. The minimum absolute atomic E-state index is 0.0761. The lowest BCUT2D eigenvalue weighted by Crippen LogP contribution is -2.39. The molecule has 0 fully saturated rings. The number of rotatable bonds is 4. The third kappa shape index (κ3) is 2.87. The zero-order valence-corrected chi connectivity index (χ0v) is 17.4. The van der Waals surface area contributed by atoms with Gasteiger partial charge in [0, 0.05) is 11.1 Å². The lowest BCUT2D eigenvalue weighted by Gasteiger charge is -2.36. The molecule has 0 radical (unpaired) electrons. The number of aromatic amines is 1. The third-order valence-electron chi connectivity index (χ3n) is 6.33. The molecule has 1 atom stereocenters. The highest BCUT2D eigenvalue weighted by Crippen LogP contribution is 2.42. The van der Waals surface area contributed by atoms with E-state index in [9.17, 15) is 9.59 Å². The van der Waals surface area contributed by atoms with Crippen molar-refractivity contribution < 1.29 is 14.0 Å². The number of hydrogen-bond acceptors (Lipinski definition) is 6. The van der Waals surface area contributed by atoms with E-state index in [4.69, 9.17) is 15.2 Å². The molecule has 3 N–H and O–H groups in total. The number of carbonyl (C=O) groups is 1. The Morgan fingerprint density at radius 3 is 2.89 bits per heavy atom. The van der Waals surface area contributed by atoms with Gasteiger partial charge in [-0.15, -0.1) is 11.3 Å². The number of carbonyl (C=O) groups excluding carboxylic acids is 1. The summed E-state index contributed by atoms with van der Waals surface area (Å²) in [5, 5.41) is 3.16. The summed E-state index contributed by atoms with van der Waals surface area (Å²) in [6.07, 6.45) is 4.18. The van der Waals surface area contributed by atoms with Gasteiger partial charge in [0.25, 0.3) is 5.78 Å². The van der Waals surface area contributed by atoms with E-state index in [1.807, 2.05) is 0 Å². The molecule has 148 valence electrons. The number of fused-ring (bicyclic) bond motifs is 2. The number of aromatic nitrogens is 3. The highest BCUT2D eigenvalue weighted by molar-refractivity contribution is 7.21. The highest BCUT2D eigenvalue weighted by Gasteiger charge is 2.34. The number of thiophene rings is 1. The molecular weight excluding hydrogens is 376 g/mol. The Balaban J connectivity index is 1.77. The second-order valence-corrected chi connectivity index (χ2v) is 9.29. The number of nitrogen functional groups attached to an aromatic ring is 1. The summed E-state index contributed by atoms with van der Waals surface area (Å²) < 4.78 is 5.97. The van der Waals surface area contributed by atoms with Gasteiger partial charge in [-0.1, -0.05) is 31.9 Å². The first-order valence-electron chi connectivity index (χ1n) is 9.56. The molecule has 0 saturated heterocycles. The van der Waals surface area contributed by atoms with Crippen LogP contribution in [0.3, 0.4) is 0 Å². The zero-order chi connectivity index (χ0) is 20.2. The monoisotopic (exact) mass is 401 g/mol. The van der Waals surface area contributed by atoms with Crippen LogP contribution in [0.15, 0.2) is 15.4 Å². The van der Waals surface area contributed by atoms with E-state index < -0.39 is 11.4 Å². The molecule has 3 aromatic heterocycles. The molecule has 0 amide bonds. The van der Waals surface area contributed by atoms with Gasteiger partial charge < -0.3 is 5.73 Å². The van der Waals surface area contributed by atoms with Crippen molar-refractivity contribution in [2.45, 2.75) is 46.5 Å². The number of nitrogens with one attached hydrogen (secondary N) is 1. The number of aryl methyl sites for hydroxylation is 2. The molecule has 1 aliphatic carbocycles. The summed E-state index contributed by atoms with van der Waals surface area (Å²) in [5.74, 6) is 0.162. The van der Waals surface area contributed by atoms with E-state index in [1.165, 1.54) is 21.6 Å². The van der Waals surface area contributed by atoms with Crippen LogP contribution >= 0.6 is 11.3 Å². The molecule has 0 aliphatic heterocycles. The normalized spacial score (nSPS) is 17.1. The maximum atomic E-state index is 12.9. The van der Waals surface area contributed by atoms with Gasteiger partial charge >= 0.3 is 11.3 Å². The van der Waals surface area contributed by atoms with Gasteiger partial charge in [0.15, 0.2) is 7.05 Å². The van der Waals surface area contributed by atoms with Gasteiger partial charge in [0.05, 0.1) is 5.69 Å². The van der Waals surface area contributed by atoms with Crippen molar-refractivity contribution in [2.24, 2.45) is 18.4 Å². The first-order valence-corrected chi connectivity index (χ1v) is 10.4. The minimum atomic E-state index is -0.707. The van der Waals surface area contributed by atoms with Gasteiger partial charge in [-0.05, 0) is 47.5 Å². The molecule has 8 heteroatoms. The number of nitrogens with two attached hydrogens (primary N) is 1. The number of H-pyrrole nitrogens is 1. The fourth-order valence-electron chi connectivity index (χ4n) is 4.01. The minimum Gasteiger partial charge on any atom is -0.397 e. The summed E-state index contributed by atoms with van der Waals surface area (Å²) in [6.45, 7) is 6.89. The van der Waals surface area contributed by atoms with Crippen LogP contribution in [-0.2, 0) is 19.9 Å². The predicted octanol–water partition coefficient (Wildman–Crippen LogP) is 2.76. The van der Waals surface area contributed by atoms with Crippen molar-refractivity contribution in [3.8, 4) is 0 Å². The van der Waals surface area contributed by atoms with Crippen LogP contribution < -0.4 is 16.0 Å². The van der Waals surface area contributed by atoms with Crippen LogP contribution in [-0.4, -0.2) is 16.0 Å². The Bertz CT molecular complexity index is 1140. The van der Waals surface area contributed by atoms with Gasteiger partial charge in [-0.2, -0.15) is 0 Å². The molecule has 3 aromatic rings. The Morgan fingerprint density at radius 2 is 2.25 bits per heavy atom. The van der Waals surface area contributed by atoms with E-state index in [1.54, 1.807) is 7.05 Å². The van der Waals surface area contributed by atoms with E-state index in [0.717, 1.165) is 41.6 Å². The molecule has 1 aliphatic rings. The van der Waals surface area contributed by atoms with E-state index in [2.05, 4.69) is 32.1 Å². The van der Waals surface area contributed by atoms with E-state index in [-0.39, 0.29) is 11.1 Å². The van der Waals surface area contributed by atoms with Crippen molar-refractivity contribution in [3.63, 3.8) is 0 Å². The number of pyridine rings is 1. The number of nitrogens with zero attached hydrogens (tertiary/aromatic N) is 2. The molecule has 1 unspecified atom stereocenters. The summed E-state index contributed by atoms with van der Waals surface area (Å²) in [4.78, 5) is 30.6. The fraction of sp³-hybridized carbons (Fsp3) is 0.500. The first-order chi connectivity index (χ1) is 13.2. The summed E-state index contributed by atoms with van der Waals surface area (Å²) in [7, 11) is 1.55. The van der Waals surface area contributed by atoms with E-state index >= 15 is 0 Å². The zero-order valence-electron chi connectivity index (χ0n) is 16.6. The largest absolute Gasteiger partial charge is 0.438 e. The standard InChI is InChI=1S/C20H24N4O3S/c1-5-20(2,3)11-6-7-13-10(8-11)9-12-14(21)17(28-18(12)22-13)16(25)15-19(26)27-23-24(15)4/h9,11H,5-8H2,1-4H3,(H2-,21,23,25,26)/p+1. The lowest BCUT2D eigenvalue weighted by atomic mass is 9.69. The average Bonchev–Trinajstić information content (AvgIpc) is 3.18. The molecule has 0 bridgehead atoms. The van der Waals surface area contributed by atoms with E-state index in [0.29, 0.717) is 16.5 Å². The van der Waals surface area contributed by atoms with Crippen molar-refractivity contribution in [1.29, 1.82) is 0 Å². The first kappa shape index (κ1) is 18.9. The highest BCUT2D eigenvalue weighted by atomic mass is 32.1. The van der Waals surface area contributed by atoms with Crippen molar-refractivity contribution in [3.05, 3.63) is 38.3 Å². The molecule has 4 rings (SSSR count). The summed E-state index contributed by atoms with van der Waals surface area (Å²) in [5.41, 5.74) is 8.53. The smallest absolute Gasteiger partial charge is 0.397 e. The summed E-state index contributed by atoms with van der Waals surface area (Å²) in [6, 6.07) is 2.10. The topological polar surface area (TPSA) is 106 Å². The Hall–Kier alpha value is -2.48. The SMILES string of the molecule is CCC(C)(C)C1CCc2nc3sc(C(=O)c4c(=O)o[nH][n+]4C)c(N)c3cc2C1. The third-order valence-corrected chi connectivity index (χ3v) is 7.44. The van der Waals surface area contributed by atoms with Crippen LogP contribution in [0, 0.1) is 11.3 Å². The molecule has 0 spiro atoms. The lowest BCUT2D eigenvalue weighted by molar-refractivity contribution is -0.741. The Kier molecular flexibility index (Phi) is 4.41. The Labute approximate surface area is 166 Å². The average molecular weight is 402 g/mol. The second-order valence-electron chi connectivity index (χ2n) is 8.29. The van der Waals surface area contributed by atoms with Crippen molar-refractivity contribution in [1.82, 2.24) is 10.3 Å². The molecule has 7 nitrogen and oxygen atoms in total. The van der Waals surface area contributed by atoms with Crippen LogP contribution in [0.1, 0.15) is 60.2 Å². The molecule has 3 heterocycles. The van der Waals surface area contributed by atoms with Gasteiger partial charge in [0.1, 0.15) is 9.71 Å². The van der Waals surface area contributed by atoms with Crippen LogP contribution in [0.25, 0.3) is 10.2 Å². The molecular formula is C20H25N4O3S+. The maximum Gasteiger partial charge on any atom is 0.438 e. The number of hydrogen-bond donors (Lipinski definition) is 2. The van der Waals surface area contributed by atoms with Crippen LogP contribution in [0.5, 0.6) is 0 Å². The molecule has 0 aromatic carbocycles. The Morgan fingerprint density at radius 1 is 1.50 bits per heavy atom. The van der Waals surface area contributed by atoms with Gasteiger partial charge in [-0.25, -0.2) is 9.78 Å². The van der Waals surface area contributed by atoms with Crippen molar-refractivity contribution in [2.75, 3.05) is 5.73 Å². The quantitative estimate of drug-likeness (QED) is 0.516. The number of anilines is 1. The van der Waals surface area contributed by atoms with Crippen LogP contribution in [0.2, 0.25) is 0 Å². The van der Waals surface area contributed by atoms with Gasteiger partial charge in [-0.3, -0.25) is 9.32 Å². The molecule has 28 heavy (non-hydrogen) atoms. The van der Waals surface area contributed by atoms with Gasteiger partial charge in [0.2, 0.25) is 0 Å². The predicted molar refractivity (Wildman–Crippen MR) is 108 cm³/mol. The number of ketones is 1.